The molecule has 1 heterocycles. The number of ether oxygens (including phenoxy) is 2. The first kappa shape index (κ1) is 24.5. The van der Waals surface area contributed by atoms with Gasteiger partial charge in [0.2, 0.25) is 0 Å². The van der Waals surface area contributed by atoms with Gasteiger partial charge in [0.1, 0.15) is 5.60 Å². The summed E-state index contributed by atoms with van der Waals surface area (Å²) >= 11 is 2.09. The standard InChI is InChI=1S/C27H42O4S/c1-4-27(17-31-27)18-32-19(2)22-10-11-23-21(6-5-13-26(22,23)3)9-7-20-8-12-25(24(29)16-20)30-15-14-28/h7,9-10,19,23-25,28-29H,4-6,8,11-18H2,1-3H3/b20-7-,21-9+/t19-,23?,24-,25?,26?,27?/m1/s1. The number of thioether (sulfide) groups is 1. The van der Waals surface area contributed by atoms with Crippen LogP contribution in [0.5, 0.6) is 0 Å². The summed E-state index contributed by atoms with van der Waals surface area (Å²) in [4.78, 5) is 0. The number of aliphatic hydroxyl groups excluding tert-OH is 2. The first-order valence-electron chi connectivity index (χ1n) is 12.7. The third kappa shape index (κ3) is 5.22. The lowest BCUT2D eigenvalue weighted by Gasteiger charge is -2.42. The Labute approximate surface area is 198 Å². The van der Waals surface area contributed by atoms with E-state index in [0.29, 0.717) is 24.2 Å². The Morgan fingerprint density at radius 1 is 1.34 bits per heavy atom. The van der Waals surface area contributed by atoms with E-state index < -0.39 is 6.10 Å². The summed E-state index contributed by atoms with van der Waals surface area (Å²) in [5, 5.41) is 19.9. The Balaban J connectivity index is 1.38. The molecule has 0 spiro atoms. The van der Waals surface area contributed by atoms with Crippen LogP contribution in [0.4, 0.5) is 0 Å². The molecule has 2 saturated carbocycles. The maximum atomic E-state index is 10.4. The first-order chi connectivity index (χ1) is 15.4. The van der Waals surface area contributed by atoms with Crippen molar-refractivity contribution >= 4 is 11.8 Å². The zero-order chi connectivity index (χ0) is 22.8. The van der Waals surface area contributed by atoms with Gasteiger partial charge < -0.3 is 19.7 Å². The molecule has 2 N–H and O–H groups in total. The second kappa shape index (κ2) is 10.4. The molecule has 32 heavy (non-hydrogen) atoms. The van der Waals surface area contributed by atoms with Crippen LogP contribution in [0.3, 0.4) is 0 Å². The highest BCUT2D eigenvalue weighted by atomic mass is 32.2. The van der Waals surface area contributed by atoms with Crippen LogP contribution in [0.1, 0.15) is 72.1 Å². The Morgan fingerprint density at radius 3 is 2.84 bits per heavy atom. The van der Waals surface area contributed by atoms with E-state index in [4.69, 9.17) is 14.6 Å². The fourth-order valence-electron chi connectivity index (χ4n) is 6.14. The quantitative estimate of drug-likeness (QED) is 0.364. The molecule has 3 aliphatic carbocycles. The van der Waals surface area contributed by atoms with Gasteiger partial charge in [-0.15, -0.1) is 0 Å². The molecule has 0 bridgehead atoms. The molecular formula is C27H42O4S. The Hall–Kier alpha value is -0.590. The van der Waals surface area contributed by atoms with E-state index in [2.05, 4.69) is 50.8 Å². The van der Waals surface area contributed by atoms with Gasteiger partial charge in [0.05, 0.1) is 32.0 Å². The van der Waals surface area contributed by atoms with Gasteiger partial charge in [0, 0.05) is 11.0 Å². The van der Waals surface area contributed by atoms with Gasteiger partial charge in [-0.2, -0.15) is 11.8 Å². The predicted molar refractivity (Wildman–Crippen MR) is 132 cm³/mol. The Bertz CT molecular complexity index is 753. The summed E-state index contributed by atoms with van der Waals surface area (Å²) in [6, 6.07) is 0. The van der Waals surface area contributed by atoms with Gasteiger partial charge in [-0.25, -0.2) is 0 Å². The van der Waals surface area contributed by atoms with Gasteiger partial charge in [-0.1, -0.05) is 48.8 Å². The van der Waals surface area contributed by atoms with Crippen LogP contribution in [-0.4, -0.2) is 58.8 Å². The molecule has 180 valence electrons. The molecule has 4 aliphatic rings. The minimum Gasteiger partial charge on any atom is -0.394 e. The number of allylic oxidation sites excluding steroid dienone is 4. The number of aliphatic hydroxyl groups is 2. The van der Waals surface area contributed by atoms with Crippen molar-refractivity contribution in [2.45, 2.75) is 95.2 Å². The molecule has 5 heteroatoms. The highest BCUT2D eigenvalue weighted by Gasteiger charge is 2.48. The van der Waals surface area contributed by atoms with Crippen molar-refractivity contribution < 1.29 is 19.7 Å². The van der Waals surface area contributed by atoms with Crippen molar-refractivity contribution in [1.82, 2.24) is 0 Å². The average Bonchev–Trinajstić information content (AvgIpc) is 3.49. The fourth-order valence-corrected chi connectivity index (χ4v) is 7.61. The van der Waals surface area contributed by atoms with E-state index in [-0.39, 0.29) is 23.7 Å². The maximum Gasteiger partial charge on any atom is 0.100 e. The van der Waals surface area contributed by atoms with E-state index in [0.717, 1.165) is 31.6 Å². The largest absolute Gasteiger partial charge is 0.394 e. The SMILES string of the molecule is CCC1(CS[C@H](C)C2=CCC3/C(=C/C=C4/CCC(OCCO)[C@H](O)C4)CCCC23C)CO1. The second-order valence-corrected chi connectivity index (χ2v) is 11.8. The Kier molecular flexibility index (Phi) is 7.94. The van der Waals surface area contributed by atoms with E-state index in [1.807, 2.05) is 0 Å². The van der Waals surface area contributed by atoms with Crippen molar-refractivity contribution in [3.8, 4) is 0 Å². The molecule has 0 radical (unpaired) electrons. The van der Waals surface area contributed by atoms with Crippen molar-refractivity contribution in [3.05, 3.63) is 34.9 Å². The zero-order valence-corrected chi connectivity index (χ0v) is 21.0. The van der Waals surface area contributed by atoms with Crippen LogP contribution >= 0.6 is 11.8 Å². The van der Waals surface area contributed by atoms with Crippen molar-refractivity contribution in [1.29, 1.82) is 0 Å². The van der Waals surface area contributed by atoms with Crippen LogP contribution in [0.25, 0.3) is 0 Å². The van der Waals surface area contributed by atoms with Crippen molar-refractivity contribution in [2.24, 2.45) is 11.3 Å². The summed E-state index contributed by atoms with van der Waals surface area (Å²) in [5.74, 6) is 1.74. The molecule has 1 aliphatic heterocycles. The van der Waals surface area contributed by atoms with E-state index in [1.165, 1.54) is 31.3 Å². The van der Waals surface area contributed by atoms with Crippen LogP contribution in [0.2, 0.25) is 0 Å². The minimum absolute atomic E-state index is 0.0125. The van der Waals surface area contributed by atoms with Crippen molar-refractivity contribution in [2.75, 3.05) is 25.6 Å². The molecule has 0 aromatic heterocycles. The molecule has 6 atom stereocenters. The minimum atomic E-state index is -0.462. The van der Waals surface area contributed by atoms with E-state index in [9.17, 15) is 5.11 Å². The van der Waals surface area contributed by atoms with Crippen LogP contribution in [0.15, 0.2) is 34.9 Å². The van der Waals surface area contributed by atoms with Gasteiger partial charge in [0.25, 0.3) is 0 Å². The third-order valence-corrected chi connectivity index (χ3v) is 9.90. The summed E-state index contributed by atoms with van der Waals surface area (Å²) in [5.41, 5.74) is 5.03. The van der Waals surface area contributed by atoms with E-state index in [1.54, 1.807) is 11.1 Å². The number of hydrogen-bond acceptors (Lipinski definition) is 5. The topological polar surface area (TPSA) is 62.2 Å². The molecular weight excluding hydrogens is 420 g/mol. The molecule has 0 aromatic rings. The molecule has 4 unspecified atom stereocenters. The summed E-state index contributed by atoms with van der Waals surface area (Å²) < 4.78 is 11.3. The summed E-state index contributed by atoms with van der Waals surface area (Å²) in [6.07, 6.45) is 15.2. The number of epoxide rings is 1. The lowest BCUT2D eigenvalue weighted by Crippen LogP contribution is -2.34. The Morgan fingerprint density at radius 2 is 2.16 bits per heavy atom. The van der Waals surface area contributed by atoms with Gasteiger partial charge in [-0.3, -0.25) is 0 Å². The lowest BCUT2D eigenvalue weighted by atomic mass is 9.64. The molecule has 1 saturated heterocycles. The van der Waals surface area contributed by atoms with Crippen LogP contribution < -0.4 is 0 Å². The van der Waals surface area contributed by atoms with Gasteiger partial charge >= 0.3 is 0 Å². The van der Waals surface area contributed by atoms with Crippen LogP contribution in [-0.2, 0) is 9.47 Å². The van der Waals surface area contributed by atoms with E-state index >= 15 is 0 Å². The van der Waals surface area contributed by atoms with Crippen molar-refractivity contribution in [3.63, 3.8) is 0 Å². The first-order valence-corrected chi connectivity index (χ1v) is 13.7. The molecule has 3 fully saturated rings. The molecule has 4 nitrogen and oxygen atoms in total. The summed E-state index contributed by atoms with van der Waals surface area (Å²) in [7, 11) is 0. The molecule has 0 amide bonds. The van der Waals surface area contributed by atoms with Gasteiger partial charge in [-0.05, 0) is 69.6 Å². The number of hydrogen-bond donors (Lipinski definition) is 2. The second-order valence-electron chi connectivity index (χ2n) is 10.5. The lowest BCUT2D eigenvalue weighted by molar-refractivity contribution is -0.0582. The number of fused-ring (bicyclic) bond motifs is 1. The normalized spacial score (nSPS) is 40.4. The molecule has 4 rings (SSSR count). The molecule has 0 aromatic carbocycles. The van der Waals surface area contributed by atoms with Gasteiger partial charge in [0.15, 0.2) is 0 Å². The zero-order valence-electron chi connectivity index (χ0n) is 20.1. The summed E-state index contributed by atoms with van der Waals surface area (Å²) in [6.45, 7) is 8.40. The third-order valence-electron chi connectivity index (χ3n) is 8.45. The highest BCUT2D eigenvalue weighted by Crippen LogP contribution is 2.57. The van der Waals surface area contributed by atoms with Crippen LogP contribution in [0, 0.1) is 11.3 Å². The maximum absolute atomic E-state index is 10.4. The predicted octanol–water partition coefficient (Wildman–Crippen LogP) is 5.20. The fraction of sp³-hybridized carbons (Fsp3) is 0.778. The monoisotopic (exact) mass is 462 g/mol. The highest BCUT2D eigenvalue weighted by molar-refractivity contribution is 8.00. The smallest absolute Gasteiger partial charge is 0.100 e. The number of rotatable bonds is 9. The average molecular weight is 463 g/mol.